The van der Waals surface area contributed by atoms with Crippen LogP contribution in [0.3, 0.4) is 0 Å². The minimum absolute atomic E-state index is 0.302. The van der Waals surface area contributed by atoms with Crippen LogP contribution in [0.25, 0.3) is 11.1 Å². The molecule has 0 atom stereocenters. The molecule has 8 heteroatoms. The summed E-state index contributed by atoms with van der Waals surface area (Å²) in [6.45, 7) is 5.00. The number of para-hydroxylation sites is 2. The van der Waals surface area contributed by atoms with E-state index in [1.807, 2.05) is 24.3 Å². The topological polar surface area (TPSA) is 81.2 Å². The van der Waals surface area contributed by atoms with Gasteiger partial charge in [-0.25, -0.2) is 13.4 Å². The van der Waals surface area contributed by atoms with Gasteiger partial charge >= 0.3 is 0 Å². The standard InChI is InChI=1S/C18H22N4O3S/c1-13-18(26(23,24)21-10-6-3-7-11-21)14(2)22(20-13)12-17-19-15-8-4-5-9-16(15)25-17/h4-5,8-9H,3,6-7,10-12H2,1-2H3. The maximum absolute atomic E-state index is 13.1. The highest BCUT2D eigenvalue weighted by molar-refractivity contribution is 7.89. The summed E-state index contributed by atoms with van der Waals surface area (Å²) < 4.78 is 35.1. The van der Waals surface area contributed by atoms with Crippen molar-refractivity contribution in [3.8, 4) is 0 Å². The molecular weight excluding hydrogens is 352 g/mol. The number of rotatable bonds is 4. The SMILES string of the molecule is Cc1nn(Cc2nc3ccccc3o2)c(C)c1S(=O)(=O)N1CCCCC1. The zero-order valence-corrected chi connectivity index (χ0v) is 15.8. The molecule has 26 heavy (non-hydrogen) atoms. The molecular formula is C18H22N4O3S. The van der Waals surface area contributed by atoms with Crippen LogP contribution in [0.1, 0.15) is 36.5 Å². The lowest BCUT2D eigenvalue weighted by Crippen LogP contribution is -2.36. The van der Waals surface area contributed by atoms with Gasteiger partial charge in [-0.1, -0.05) is 18.6 Å². The first-order chi connectivity index (χ1) is 12.5. The highest BCUT2D eigenvalue weighted by atomic mass is 32.2. The number of benzene rings is 1. The van der Waals surface area contributed by atoms with Crippen molar-refractivity contribution < 1.29 is 12.8 Å². The Morgan fingerprint density at radius 1 is 1.12 bits per heavy atom. The summed E-state index contributed by atoms with van der Waals surface area (Å²) in [7, 11) is -3.52. The van der Waals surface area contributed by atoms with Crippen LogP contribution in [-0.2, 0) is 16.6 Å². The molecule has 3 aromatic rings. The average molecular weight is 374 g/mol. The lowest BCUT2D eigenvalue weighted by Gasteiger charge is -2.25. The molecule has 1 fully saturated rings. The fourth-order valence-electron chi connectivity index (χ4n) is 3.56. The fraction of sp³-hybridized carbons (Fsp3) is 0.444. The normalized spacial score (nSPS) is 16.4. The van der Waals surface area contributed by atoms with E-state index in [4.69, 9.17) is 4.42 Å². The Kier molecular flexibility index (Phi) is 4.32. The first-order valence-electron chi connectivity index (χ1n) is 8.85. The second kappa shape index (κ2) is 6.51. The van der Waals surface area contributed by atoms with Gasteiger partial charge in [-0.05, 0) is 38.8 Å². The predicted molar refractivity (Wildman–Crippen MR) is 97.4 cm³/mol. The summed E-state index contributed by atoms with van der Waals surface area (Å²) in [5, 5.41) is 4.45. The molecule has 0 unspecified atom stereocenters. The molecule has 0 aliphatic carbocycles. The smallest absolute Gasteiger partial charge is 0.246 e. The second-order valence-corrected chi connectivity index (χ2v) is 8.57. The van der Waals surface area contributed by atoms with Crippen LogP contribution in [0.2, 0.25) is 0 Å². The fourth-order valence-corrected chi connectivity index (χ4v) is 5.45. The van der Waals surface area contributed by atoms with E-state index in [1.165, 1.54) is 0 Å². The van der Waals surface area contributed by atoms with Crippen LogP contribution in [0.4, 0.5) is 0 Å². The van der Waals surface area contributed by atoms with Crippen LogP contribution in [0.5, 0.6) is 0 Å². The maximum Gasteiger partial charge on any atom is 0.246 e. The van der Waals surface area contributed by atoms with Gasteiger partial charge in [0.15, 0.2) is 5.58 Å². The number of nitrogens with zero attached hydrogens (tertiary/aromatic N) is 4. The van der Waals surface area contributed by atoms with Crippen LogP contribution in [-0.4, -0.2) is 40.6 Å². The Bertz CT molecular complexity index is 1010. The molecule has 7 nitrogen and oxygen atoms in total. The molecule has 1 saturated heterocycles. The number of hydrogen-bond donors (Lipinski definition) is 0. The molecule has 1 aliphatic heterocycles. The van der Waals surface area contributed by atoms with E-state index in [0.717, 1.165) is 24.8 Å². The van der Waals surface area contributed by atoms with Gasteiger partial charge in [0.25, 0.3) is 0 Å². The summed E-state index contributed by atoms with van der Waals surface area (Å²) >= 11 is 0. The quantitative estimate of drug-likeness (QED) is 0.701. The number of aryl methyl sites for hydroxylation is 1. The van der Waals surface area contributed by atoms with E-state index in [2.05, 4.69) is 10.1 Å². The van der Waals surface area contributed by atoms with E-state index in [-0.39, 0.29) is 0 Å². The van der Waals surface area contributed by atoms with Gasteiger partial charge in [-0.15, -0.1) is 0 Å². The van der Waals surface area contributed by atoms with E-state index in [9.17, 15) is 8.42 Å². The summed E-state index contributed by atoms with van der Waals surface area (Å²) in [4.78, 5) is 4.77. The maximum atomic E-state index is 13.1. The largest absolute Gasteiger partial charge is 0.439 e. The Hall–Kier alpha value is -2.19. The highest BCUT2D eigenvalue weighted by Gasteiger charge is 2.31. The Labute approximate surface area is 152 Å². The lowest BCUT2D eigenvalue weighted by molar-refractivity contribution is 0.346. The van der Waals surface area contributed by atoms with Gasteiger partial charge in [0.1, 0.15) is 17.0 Å². The van der Waals surface area contributed by atoms with Gasteiger partial charge in [-0.2, -0.15) is 9.40 Å². The number of sulfonamides is 1. The van der Waals surface area contributed by atoms with E-state index in [0.29, 0.717) is 47.4 Å². The van der Waals surface area contributed by atoms with Gasteiger partial charge < -0.3 is 4.42 Å². The molecule has 0 N–H and O–H groups in total. The van der Waals surface area contributed by atoms with E-state index in [1.54, 1.807) is 22.8 Å². The lowest BCUT2D eigenvalue weighted by atomic mass is 10.2. The second-order valence-electron chi connectivity index (χ2n) is 6.70. The zero-order chi connectivity index (χ0) is 18.3. The van der Waals surface area contributed by atoms with Crippen LogP contribution < -0.4 is 0 Å². The van der Waals surface area contributed by atoms with Gasteiger partial charge in [-0.3, -0.25) is 4.68 Å². The Morgan fingerprint density at radius 3 is 2.58 bits per heavy atom. The van der Waals surface area contributed by atoms with Crippen molar-refractivity contribution in [2.45, 2.75) is 44.6 Å². The predicted octanol–water partition coefficient (Wildman–Crippen LogP) is 2.86. The number of oxazole rings is 1. The number of fused-ring (bicyclic) bond motifs is 1. The van der Waals surface area contributed by atoms with Crippen molar-refractivity contribution in [2.75, 3.05) is 13.1 Å². The molecule has 3 heterocycles. The van der Waals surface area contributed by atoms with Crippen LogP contribution in [0.15, 0.2) is 33.6 Å². The van der Waals surface area contributed by atoms with Crippen molar-refractivity contribution >= 4 is 21.1 Å². The summed E-state index contributed by atoms with van der Waals surface area (Å²) in [6.07, 6.45) is 2.91. The van der Waals surface area contributed by atoms with Gasteiger partial charge in [0.05, 0.1) is 11.4 Å². The van der Waals surface area contributed by atoms with Crippen molar-refractivity contribution in [1.82, 2.24) is 19.1 Å². The van der Waals surface area contributed by atoms with Crippen LogP contribution >= 0.6 is 0 Å². The zero-order valence-electron chi connectivity index (χ0n) is 15.0. The van der Waals surface area contributed by atoms with Crippen molar-refractivity contribution in [3.63, 3.8) is 0 Å². The number of piperidine rings is 1. The Morgan fingerprint density at radius 2 is 1.85 bits per heavy atom. The molecule has 4 rings (SSSR count). The highest BCUT2D eigenvalue weighted by Crippen LogP contribution is 2.26. The Balaban J connectivity index is 1.67. The molecule has 0 saturated carbocycles. The first-order valence-corrected chi connectivity index (χ1v) is 10.3. The van der Waals surface area contributed by atoms with Gasteiger partial charge in [0.2, 0.25) is 15.9 Å². The average Bonchev–Trinajstić information content (AvgIpc) is 3.16. The summed E-state index contributed by atoms with van der Waals surface area (Å²) in [6, 6.07) is 7.54. The third kappa shape index (κ3) is 2.93. The monoisotopic (exact) mass is 374 g/mol. The molecule has 0 amide bonds. The molecule has 0 bridgehead atoms. The third-order valence-corrected chi connectivity index (χ3v) is 7.00. The first kappa shape index (κ1) is 17.2. The molecule has 0 spiro atoms. The van der Waals surface area contributed by atoms with Crippen molar-refractivity contribution in [2.24, 2.45) is 0 Å². The van der Waals surface area contributed by atoms with E-state index < -0.39 is 10.0 Å². The molecule has 0 radical (unpaired) electrons. The number of aromatic nitrogens is 3. The molecule has 1 aliphatic rings. The minimum Gasteiger partial charge on any atom is -0.439 e. The minimum atomic E-state index is -3.52. The molecule has 1 aromatic carbocycles. The van der Waals surface area contributed by atoms with E-state index >= 15 is 0 Å². The summed E-state index contributed by atoms with van der Waals surface area (Å²) in [5.74, 6) is 0.513. The van der Waals surface area contributed by atoms with Crippen molar-refractivity contribution in [1.29, 1.82) is 0 Å². The molecule has 138 valence electrons. The third-order valence-electron chi connectivity index (χ3n) is 4.85. The molecule has 2 aromatic heterocycles. The summed E-state index contributed by atoms with van der Waals surface area (Å²) in [5.41, 5.74) is 2.63. The van der Waals surface area contributed by atoms with Crippen molar-refractivity contribution in [3.05, 3.63) is 41.5 Å². The van der Waals surface area contributed by atoms with Crippen LogP contribution in [0, 0.1) is 13.8 Å². The van der Waals surface area contributed by atoms with Gasteiger partial charge in [0, 0.05) is 13.1 Å². The number of hydrogen-bond acceptors (Lipinski definition) is 5.